The van der Waals surface area contributed by atoms with Crippen molar-refractivity contribution in [1.29, 1.82) is 0 Å². The van der Waals surface area contributed by atoms with E-state index in [1.54, 1.807) is 0 Å². The number of hydrogen-bond acceptors (Lipinski definition) is 5. The maximum Gasteiger partial charge on any atom is 0.230 e. The van der Waals surface area contributed by atoms with Gasteiger partial charge in [0, 0.05) is 31.0 Å². The van der Waals surface area contributed by atoms with Crippen molar-refractivity contribution in [2.45, 2.75) is 76.4 Å². The number of rotatable bonds is 5. The van der Waals surface area contributed by atoms with Gasteiger partial charge in [-0.3, -0.25) is 9.69 Å². The lowest BCUT2D eigenvalue weighted by Crippen LogP contribution is -2.47. The summed E-state index contributed by atoms with van der Waals surface area (Å²) in [6, 6.07) is 0.819. The summed E-state index contributed by atoms with van der Waals surface area (Å²) in [5.41, 5.74) is 0. The molecule has 3 fully saturated rings. The molecule has 1 aromatic rings. The van der Waals surface area contributed by atoms with Crippen LogP contribution in [0.15, 0.2) is 4.42 Å². The Balaban J connectivity index is 1.44. The van der Waals surface area contributed by atoms with Crippen LogP contribution in [0.1, 0.15) is 69.6 Å². The van der Waals surface area contributed by atoms with E-state index in [2.05, 4.69) is 20.0 Å². The molecular weight excluding hydrogens is 292 g/mol. The first-order valence-electron chi connectivity index (χ1n) is 9.12. The van der Waals surface area contributed by atoms with E-state index < -0.39 is 0 Å². The first-order chi connectivity index (χ1) is 11.3. The summed E-state index contributed by atoms with van der Waals surface area (Å²) in [5.74, 6) is 2.37. The molecule has 0 radical (unpaired) electrons. The lowest BCUT2D eigenvalue weighted by Gasteiger charge is -2.34. The van der Waals surface area contributed by atoms with Crippen molar-refractivity contribution in [1.82, 2.24) is 20.0 Å². The maximum atomic E-state index is 12.2. The average Bonchev–Trinajstić information content (AvgIpc) is 2.97. The quantitative estimate of drug-likeness (QED) is 0.833. The van der Waals surface area contributed by atoms with E-state index in [1.165, 1.54) is 25.7 Å². The second-order valence-electron chi connectivity index (χ2n) is 7.14. The predicted molar refractivity (Wildman–Crippen MR) is 84.7 cm³/mol. The molecule has 2 atom stereocenters. The summed E-state index contributed by atoms with van der Waals surface area (Å²) in [6.07, 6.45) is 7.60. The Morgan fingerprint density at radius 2 is 1.91 bits per heavy atom. The van der Waals surface area contributed by atoms with E-state index in [0.29, 0.717) is 30.3 Å². The third kappa shape index (κ3) is 3.01. The Kier molecular flexibility index (Phi) is 4.09. The van der Waals surface area contributed by atoms with Crippen LogP contribution >= 0.6 is 0 Å². The molecule has 0 aromatic carbocycles. The van der Waals surface area contributed by atoms with Crippen molar-refractivity contribution in [3.63, 3.8) is 0 Å². The van der Waals surface area contributed by atoms with Crippen LogP contribution in [0, 0.1) is 0 Å². The van der Waals surface area contributed by atoms with Gasteiger partial charge in [0.15, 0.2) is 0 Å². The molecule has 2 unspecified atom stereocenters. The Hall–Kier alpha value is -1.43. The van der Waals surface area contributed by atoms with Gasteiger partial charge in [0.2, 0.25) is 17.7 Å². The number of hydrogen-bond donors (Lipinski definition) is 0. The maximum absolute atomic E-state index is 12.2. The van der Waals surface area contributed by atoms with Crippen LogP contribution in [0.3, 0.4) is 0 Å². The Morgan fingerprint density at radius 3 is 2.70 bits per heavy atom. The van der Waals surface area contributed by atoms with Crippen LogP contribution in [0.4, 0.5) is 0 Å². The summed E-state index contributed by atoms with van der Waals surface area (Å²) in [5, 5.41) is 8.42. The zero-order chi connectivity index (χ0) is 15.8. The Labute approximate surface area is 137 Å². The molecule has 3 aliphatic rings. The molecule has 1 aliphatic carbocycles. The topological polar surface area (TPSA) is 62.5 Å². The SMILES string of the molecule is CCC(=O)N1CCCC1C1CCCN1Cc1nnc(C2CC2)o1. The minimum absolute atomic E-state index is 0.299. The van der Waals surface area contributed by atoms with E-state index in [1.807, 2.05) is 6.92 Å². The van der Waals surface area contributed by atoms with Crippen LogP contribution in [-0.2, 0) is 11.3 Å². The van der Waals surface area contributed by atoms with Crippen LogP contribution in [0.2, 0.25) is 0 Å². The predicted octanol–water partition coefficient (Wildman–Crippen LogP) is 2.31. The Morgan fingerprint density at radius 1 is 1.13 bits per heavy atom. The molecule has 126 valence electrons. The smallest absolute Gasteiger partial charge is 0.230 e. The molecule has 23 heavy (non-hydrogen) atoms. The van der Waals surface area contributed by atoms with Gasteiger partial charge in [-0.15, -0.1) is 10.2 Å². The zero-order valence-electron chi connectivity index (χ0n) is 13.9. The van der Waals surface area contributed by atoms with Crippen LogP contribution < -0.4 is 0 Å². The highest BCUT2D eigenvalue weighted by molar-refractivity contribution is 5.76. The molecule has 0 bridgehead atoms. The molecule has 0 N–H and O–H groups in total. The fourth-order valence-corrected chi connectivity index (χ4v) is 4.19. The van der Waals surface area contributed by atoms with Gasteiger partial charge in [0.25, 0.3) is 0 Å². The molecule has 3 heterocycles. The molecule has 1 aromatic heterocycles. The van der Waals surface area contributed by atoms with Gasteiger partial charge in [0.1, 0.15) is 0 Å². The number of amides is 1. The standard InChI is InChI=1S/C17H26N4O2/c1-2-16(22)21-10-4-6-14(21)13-5-3-9-20(13)11-15-18-19-17(23-15)12-7-8-12/h12-14H,2-11H2,1H3. The van der Waals surface area contributed by atoms with E-state index in [4.69, 9.17) is 4.42 Å². The highest BCUT2D eigenvalue weighted by Gasteiger charge is 2.39. The monoisotopic (exact) mass is 318 g/mol. The molecule has 0 spiro atoms. The summed E-state index contributed by atoms with van der Waals surface area (Å²) < 4.78 is 5.83. The lowest BCUT2D eigenvalue weighted by molar-refractivity contribution is -0.132. The van der Waals surface area contributed by atoms with Crippen molar-refractivity contribution < 1.29 is 9.21 Å². The van der Waals surface area contributed by atoms with E-state index in [9.17, 15) is 4.79 Å². The first-order valence-corrected chi connectivity index (χ1v) is 9.12. The fraction of sp³-hybridized carbons (Fsp3) is 0.824. The average molecular weight is 318 g/mol. The molecule has 1 saturated carbocycles. The van der Waals surface area contributed by atoms with Crippen molar-refractivity contribution in [2.24, 2.45) is 0 Å². The molecule has 2 aliphatic heterocycles. The van der Waals surface area contributed by atoms with Crippen molar-refractivity contribution in [3.05, 3.63) is 11.8 Å². The van der Waals surface area contributed by atoms with Gasteiger partial charge in [-0.05, 0) is 45.1 Å². The van der Waals surface area contributed by atoms with Crippen molar-refractivity contribution >= 4 is 5.91 Å². The molecular formula is C17H26N4O2. The number of nitrogens with zero attached hydrogens (tertiary/aromatic N) is 4. The summed E-state index contributed by atoms with van der Waals surface area (Å²) in [6.45, 7) is 4.68. The first kappa shape index (κ1) is 15.1. The van der Waals surface area contributed by atoms with Gasteiger partial charge in [-0.2, -0.15) is 0 Å². The van der Waals surface area contributed by atoms with Gasteiger partial charge < -0.3 is 9.32 Å². The van der Waals surface area contributed by atoms with Gasteiger partial charge in [-0.25, -0.2) is 0 Å². The van der Waals surface area contributed by atoms with E-state index in [0.717, 1.165) is 44.3 Å². The molecule has 2 saturated heterocycles. The lowest BCUT2D eigenvalue weighted by atomic mass is 10.0. The van der Waals surface area contributed by atoms with Gasteiger partial charge in [0.05, 0.1) is 6.54 Å². The Bertz CT molecular complexity index is 569. The second-order valence-corrected chi connectivity index (χ2v) is 7.14. The normalized spacial score (nSPS) is 28.7. The molecule has 6 nitrogen and oxygen atoms in total. The third-order valence-corrected chi connectivity index (χ3v) is 5.53. The minimum atomic E-state index is 0.299. The zero-order valence-corrected chi connectivity index (χ0v) is 13.9. The fourth-order valence-electron chi connectivity index (χ4n) is 4.19. The molecule has 4 rings (SSSR count). The van der Waals surface area contributed by atoms with Gasteiger partial charge >= 0.3 is 0 Å². The van der Waals surface area contributed by atoms with Crippen LogP contribution in [0.25, 0.3) is 0 Å². The molecule has 6 heteroatoms. The van der Waals surface area contributed by atoms with Gasteiger partial charge in [-0.1, -0.05) is 6.92 Å². The highest BCUT2D eigenvalue weighted by Crippen LogP contribution is 2.39. The number of likely N-dealkylation sites (tertiary alicyclic amines) is 2. The number of aromatic nitrogens is 2. The summed E-state index contributed by atoms with van der Waals surface area (Å²) in [7, 11) is 0. The summed E-state index contributed by atoms with van der Waals surface area (Å²) >= 11 is 0. The summed E-state index contributed by atoms with van der Waals surface area (Å²) in [4.78, 5) is 16.8. The number of carbonyl (C=O) groups is 1. The van der Waals surface area contributed by atoms with Crippen LogP contribution in [-0.4, -0.2) is 51.1 Å². The van der Waals surface area contributed by atoms with E-state index in [-0.39, 0.29) is 0 Å². The minimum Gasteiger partial charge on any atom is -0.424 e. The van der Waals surface area contributed by atoms with Crippen LogP contribution in [0.5, 0.6) is 0 Å². The van der Waals surface area contributed by atoms with Crippen molar-refractivity contribution in [2.75, 3.05) is 13.1 Å². The highest BCUT2D eigenvalue weighted by atomic mass is 16.4. The van der Waals surface area contributed by atoms with Crippen molar-refractivity contribution in [3.8, 4) is 0 Å². The third-order valence-electron chi connectivity index (χ3n) is 5.53. The largest absolute Gasteiger partial charge is 0.424 e. The van der Waals surface area contributed by atoms with E-state index >= 15 is 0 Å². The number of carbonyl (C=O) groups excluding carboxylic acids is 1. The molecule has 1 amide bonds. The second kappa shape index (κ2) is 6.23.